The van der Waals surface area contributed by atoms with Gasteiger partial charge >= 0.3 is 0 Å². The molecule has 0 bridgehead atoms. The minimum Gasteiger partial charge on any atom is -0.369 e. The van der Waals surface area contributed by atoms with Crippen molar-refractivity contribution in [3.05, 3.63) is 54.1 Å². The van der Waals surface area contributed by atoms with Crippen molar-refractivity contribution < 1.29 is 13.2 Å². The van der Waals surface area contributed by atoms with Crippen LogP contribution in [0, 0.1) is 5.92 Å². The van der Waals surface area contributed by atoms with Crippen molar-refractivity contribution in [2.45, 2.75) is 44.0 Å². The first-order valence-electron chi connectivity index (χ1n) is 11.8. The highest BCUT2D eigenvalue weighted by molar-refractivity contribution is 7.89. The lowest BCUT2D eigenvalue weighted by molar-refractivity contribution is 0.102. The predicted octanol–water partition coefficient (Wildman–Crippen LogP) is 3.55. The molecule has 2 aromatic carbocycles. The maximum absolute atomic E-state index is 12.7. The zero-order valence-electron chi connectivity index (χ0n) is 19.5. The molecule has 7 nitrogen and oxygen atoms in total. The summed E-state index contributed by atoms with van der Waals surface area (Å²) < 4.78 is 27.5. The number of hydrogen-bond acceptors (Lipinski definition) is 5. The van der Waals surface area contributed by atoms with Crippen LogP contribution in [0.4, 0.5) is 11.4 Å². The van der Waals surface area contributed by atoms with Gasteiger partial charge in [0.05, 0.1) is 4.90 Å². The molecule has 0 spiro atoms. The van der Waals surface area contributed by atoms with Crippen LogP contribution in [0.2, 0.25) is 0 Å². The van der Waals surface area contributed by atoms with E-state index in [9.17, 15) is 13.2 Å². The van der Waals surface area contributed by atoms with E-state index in [2.05, 4.69) is 25.9 Å². The summed E-state index contributed by atoms with van der Waals surface area (Å²) in [7, 11) is -3.59. The van der Waals surface area contributed by atoms with Crippen LogP contribution in [0.5, 0.6) is 0 Å². The highest BCUT2D eigenvalue weighted by Gasteiger charge is 2.26. The second-order valence-corrected chi connectivity index (χ2v) is 10.9. The van der Waals surface area contributed by atoms with Crippen LogP contribution in [0.15, 0.2) is 53.4 Å². The largest absolute Gasteiger partial charge is 0.369 e. The maximum atomic E-state index is 12.7. The Bertz CT molecular complexity index is 1060. The second-order valence-electron chi connectivity index (χ2n) is 9.19. The van der Waals surface area contributed by atoms with Gasteiger partial charge in [-0.15, -0.1) is 0 Å². The van der Waals surface area contributed by atoms with Gasteiger partial charge in [0.25, 0.3) is 5.91 Å². The van der Waals surface area contributed by atoms with E-state index in [4.69, 9.17) is 0 Å². The topological polar surface area (TPSA) is 81.7 Å². The summed E-state index contributed by atoms with van der Waals surface area (Å²) in [6.45, 7) is 9.11. The Hall–Kier alpha value is -2.42. The van der Waals surface area contributed by atoms with Crippen molar-refractivity contribution in [2.75, 3.05) is 42.9 Å². The fourth-order valence-electron chi connectivity index (χ4n) is 4.04. The minimum atomic E-state index is -3.59. The molecule has 0 aromatic heterocycles. The zero-order chi connectivity index (χ0) is 23.4. The molecule has 2 aliphatic rings. The number of hydrogen-bond donors (Lipinski definition) is 2. The monoisotopic (exact) mass is 470 g/mol. The molecule has 0 radical (unpaired) electrons. The van der Waals surface area contributed by atoms with Crippen molar-refractivity contribution in [2.24, 2.45) is 5.92 Å². The van der Waals surface area contributed by atoms with Crippen LogP contribution in [0.3, 0.4) is 0 Å². The lowest BCUT2D eigenvalue weighted by Gasteiger charge is -2.36. The highest BCUT2D eigenvalue weighted by Crippen LogP contribution is 2.30. The summed E-state index contributed by atoms with van der Waals surface area (Å²) >= 11 is 0. The van der Waals surface area contributed by atoms with Crippen LogP contribution in [-0.2, 0) is 10.0 Å². The molecule has 1 heterocycles. The summed E-state index contributed by atoms with van der Waals surface area (Å²) in [6, 6.07) is 13.8. The smallest absolute Gasteiger partial charge is 0.255 e. The van der Waals surface area contributed by atoms with Gasteiger partial charge in [-0.3, -0.25) is 9.69 Å². The van der Waals surface area contributed by atoms with E-state index in [1.807, 2.05) is 32.0 Å². The third kappa shape index (κ3) is 6.34. The summed E-state index contributed by atoms with van der Waals surface area (Å²) in [6.07, 6.45) is 3.47. The third-order valence-electron chi connectivity index (χ3n) is 6.45. The van der Waals surface area contributed by atoms with Crippen molar-refractivity contribution in [3.8, 4) is 0 Å². The van der Waals surface area contributed by atoms with Crippen molar-refractivity contribution in [3.63, 3.8) is 0 Å². The third-order valence-corrected chi connectivity index (χ3v) is 8.06. The lowest BCUT2D eigenvalue weighted by Crippen LogP contribution is -2.47. The number of sulfonamides is 1. The van der Waals surface area contributed by atoms with Gasteiger partial charge in [0.15, 0.2) is 0 Å². The van der Waals surface area contributed by atoms with Crippen molar-refractivity contribution in [1.82, 2.24) is 9.62 Å². The zero-order valence-corrected chi connectivity index (χ0v) is 20.3. The van der Waals surface area contributed by atoms with E-state index < -0.39 is 10.0 Å². The number of piperazine rings is 1. The SMILES string of the molecule is CCC(C)NS(=O)(=O)c1ccc(C(=O)Nc2cccc(N3CCN(CC4CC4)CC3)c2)cc1. The Morgan fingerprint density at radius 2 is 1.76 bits per heavy atom. The predicted molar refractivity (Wildman–Crippen MR) is 132 cm³/mol. The Kier molecular flexibility index (Phi) is 7.36. The first-order valence-corrected chi connectivity index (χ1v) is 13.3. The van der Waals surface area contributed by atoms with Gasteiger partial charge in [-0.25, -0.2) is 13.1 Å². The molecule has 1 atom stereocenters. The molecular weight excluding hydrogens is 436 g/mol. The number of nitrogens with zero attached hydrogens (tertiary/aromatic N) is 2. The molecule has 1 unspecified atom stereocenters. The first-order chi connectivity index (χ1) is 15.8. The van der Waals surface area contributed by atoms with Crippen LogP contribution in [0.25, 0.3) is 0 Å². The van der Waals surface area contributed by atoms with Crippen LogP contribution in [-0.4, -0.2) is 58.0 Å². The fraction of sp³-hybridized carbons (Fsp3) is 0.480. The van der Waals surface area contributed by atoms with Gasteiger partial charge in [0, 0.05) is 55.7 Å². The minimum absolute atomic E-state index is 0.147. The van der Waals surface area contributed by atoms with Gasteiger partial charge in [0.2, 0.25) is 10.0 Å². The standard InChI is InChI=1S/C25H34N4O3S/c1-3-19(2)27-33(31,32)24-11-9-21(10-12-24)25(30)26-22-5-4-6-23(17-22)29-15-13-28(14-16-29)18-20-7-8-20/h4-6,9-12,17,19-20,27H,3,7-8,13-16,18H2,1-2H3,(H,26,30). The molecular formula is C25H34N4O3S. The maximum Gasteiger partial charge on any atom is 0.255 e. The first kappa shape index (κ1) is 23.7. The van der Waals surface area contributed by atoms with Gasteiger partial charge in [-0.2, -0.15) is 0 Å². The van der Waals surface area contributed by atoms with E-state index in [-0.39, 0.29) is 16.8 Å². The van der Waals surface area contributed by atoms with Gasteiger partial charge in [-0.05, 0) is 74.6 Å². The number of carbonyl (C=O) groups excluding carboxylic acids is 1. The summed E-state index contributed by atoms with van der Waals surface area (Å²) in [5.41, 5.74) is 2.25. The second kappa shape index (κ2) is 10.2. The van der Waals surface area contributed by atoms with E-state index >= 15 is 0 Å². The number of carbonyl (C=O) groups is 1. The van der Waals surface area contributed by atoms with E-state index in [1.54, 1.807) is 12.1 Å². The number of amides is 1. The molecule has 2 fully saturated rings. The molecule has 1 saturated heterocycles. The fourth-order valence-corrected chi connectivity index (χ4v) is 5.37. The molecule has 1 amide bonds. The summed E-state index contributed by atoms with van der Waals surface area (Å²) in [4.78, 5) is 17.8. The number of benzene rings is 2. The van der Waals surface area contributed by atoms with Crippen LogP contribution in [0.1, 0.15) is 43.5 Å². The molecule has 1 aliphatic carbocycles. The van der Waals surface area contributed by atoms with E-state index in [0.29, 0.717) is 12.0 Å². The molecule has 2 N–H and O–H groups in total. The molecule has 178 valence electrons. The average Bonchev–Trinajstić information content (AvgIpc) is 3.63. The highest BCUT2D eigenvalue weighted by atomic mass is 32.2. The normalized spacial score (nSPS) is 18.2. The van der Waals surface area contributed by atoms with Crippen LogP contribution < -0.4 is 14.9 Å². The van der Waals surface area contributed by atoms with E-state index in [0.717, 1.165) is 43.5 Å². The molecule has 1 saturated carbocycles. The molecule has 33 heavy (non-hydrogen) atoms. The van der Waals surface area contributed by atoms with Gasteiger partial charge < -0.3 is 10.2 Å². The number of anilines is 2. The average molecular weight is 471 g/mol. The van der Waals surface area contributed by atoms with Crippen molar-refractivity contribution >= 4 is 27.3 Å². The van der Waals surface area contributed by atoms with Gasteiger partial charge in [0.1, 0.15) is 0 Å². The summed E-state index contributed by atoms with van der Waals surface area (Å²) in [5.74, 6) is 0.653. The molecule has 1 aliphatic heterocycles. The Balaban J connectivity index is 1.36. The lowest BCUT2D eigenvalue weighted by atomic mass is 10.2. The number of rotatable bonds is 9. The van der Waals surface area contributed by atoms with Gasteiger partial charge in [-0.1, -0.05) is 13.0 Å². The molecule has 2 aromatic rings. The van der Waals surface area contributed by atoms with Crippen molar-refractivity contribution in [1.29, 1.82) is 0 Å². The summed E-state index contributed by atoms with van der Waals surface area (Å²) in [5, 5.41) is 2.94. The molecule has 4 rings (SSSR count). The Morgan fingerprint density at radius 3 is 2.39 bits per heavy atom. The quantitative estimate of drug-likeness (QED) is 0.586. The molecule has 8 heteroatoms. The number of nitrogens with one attached hydrogen (secondary N) is 2. The Labute approximate surface area is 197 Å². The van der Waals surface area contributed by atoms with Crippen LogP contribution >= 0.6 is 0 Å². The Morgan fingerprint density at radius 1 is 1.06 bits per heavy atom. The van der Waals surface area contributed by atoms with E-state index in [1.165, 1.54) is 31.5 Å².